The third-order valence-electron chi connectivity index (χ3n) is 3.58. The van der Waals surface area contributed by atoms with E-state index in [4.69, 9.17) is 0 Å². The van der Waals surface area contributed by atoms with Crippen molar-refractivity contribution in [1.82, 2.24) is 9.88 Å². The number of rotatable bonds is 2. The summed E-state index contributed by atoms with van der Waals surface area (Å²) >= 11 is 1.95. The number of pyridine rings is 1. The quantitative estimate of drug-likeness (QED) is 0.911. The van der Waals surface area contributed by atoms with Gasteiger partial charge in [0.15, 0.2) is 0 Å². The van der Waals surface area contributed by atoms with Crippen molar-refractivity contribution < 1.29 is 4.79 Å². The molecule has 1 amide bonds. The van der Waals surface area contributed by atoms with Gasteiger partial charge in [0.05, 0.1) is 0 Å². The standard InChI is InChI=1S/C15H23N3OS/c1-11-9-12(10-13(16-4)17-11)14(19)18-6-5-15(2,3)20-8-7-18/h9-10H,5-8H2,1-4H3,(H,16,17). The van der Waals surface area contributed by atoms with Gasteiger partial charge < -0.3 is 10.2 Å². The third-order valence-corrected chi connectivity index (χ3v) is 4.95. The minimum absolute atomic E-state index is 0.116. The second-order valence-corrected chi connectivity index (χ2v) is 7.58. The molecule has 20 heavy (non-hydrogen) atoms. The molecule has 1 aliphatic heterocycles. The molecule has 2 heterocycles. The summed E-state index contributed by atoms with van der Waals surface area (Å²) in [5, 5.41) is 3.01. The summed E-state index contributed by atoms with van der Waals surface area (Å²) in [7, 11) is 1.82. The zero-order valence-corrected chi connectivity index (χ0v) is 13.5. The number of carbonyl (C=O) groups is 1. The Hall–Kier alpha value is -1.23. The fourth-order valence-corrected chi connectivity index (χ4v) is 3.43. The molecule has 2 rings (SSSR count). The third kappa shape index (κ3) is 3.66. The average molecular weight is 293 g/mol. The van der Waals surface area contributed by atoms with Crippen LogP contribution in [0.5, 0.6) is 0 Å². The Bertz CT molecular complexity index is 502. The predicted octanol–water partition coefficient (Wildman–Crippen LogP) is 2.79. The van der Waals surface area contributed by atoms with Crippen LogP contribution in [0, 0.1) is 6.92 Å². The maximum Gasteiger partial charge on any atom is 0.254 e. The van der Waals surface area contributed by atoms with E-state index in [0.29, 0.717) is 0 Å². The Morgan fingerprint density at radius 1 is 1.40 bits per heavy atom. The van der Waals surface area contributed by atoms with Crippen LogP contribution in [0.1, 0.15) is 36.3 Å². The van der Waals surface area contributed by atoms with E-state index in [2.05, 4.69) is 24.1 Å². The number of hydrogen-bond acceptors (Lipinski definition) is 4. The van der Waals surface area contributed by atoms with Gasteiger partial charge in [-0.05, 0) is 25.5 Å². The molecule has 1 aliphatic rings. The van der Waals surface area contributed by atoms with Crippen LogP contribution in [-0.2, 0) is 0 Å². The van der Waals surface area contributed by atoms with Crippen LogP contribution in [0.15, 0.2) is 12.1 Å². The van der Waals surface area contributed by atoms with Crippen molar-refractivity contribution in [3.05, 3.63) is 23.4 Å². The zero-order chi connectivity index (χ0) is 14.8. The van der Waals surface area contributed by atoms with Gasteiger partial charge in [0.2, 0.25) is 0 Å². The van der Waals surface area contributed by atoms with E-state index < -0.39 is 0 Å². The Labute approximate surface area is 125 Å². The van der Waals surface area contributed by atoms with E-state index >= 15 is 0 Å². The number of aryl methyl sites for hydroxylation is 1. The SMILES string of the molecule is CNc1cc(C(=O)N2CCSC(C)(C)CC2)cc(C)n1. The van der Waals surface area contributed by atoms with Gasteiger partial charge in [-0.2, -0.15) is 11.8 Å². The lowest BCUT2D eigenvalue weighted by atomic mass is 10.1. The molecule has 0 atom stereocenters. The van der Waals surface area contributed by atoms with Gasteiger partial charge >= 0.3 is 0 Å². The van der Waals surface area contributed by atoms with Crippen molar-refractivity contribution in [2.24, 2.45) is 0 Å². The zero-order valence-electron chi connectivity index (χ0n) is 12.7. The fraction of sp³-hybridized carbons (Fsp3) is 0.600. The number of amides is 1. The summed E-state index contributed by atoms with van der Waals surface area (Å²) in [5.41, 5.74) is 1.59. The Morgan fingerprint density at radius 2 is 2.15 bits per heavy atom. The van der Waals surface area contributed by atoms with Crippen molar-refractivity contribution in [2.45, 2.75) is 31.9 Å². The lowest BCUT2D eigenvalue weighted by Crippen LogP contribution is -2.33. The van der Waals surface area contributed by atoms with E-state index in [9.17, 15) is 4.79 Å². The normalized spacial score (nSPS) is 18.5. The van der Waals surface area contributed by atoms with Gasteiger partial charge in [-0.1, -0.05) is 13.8 Å². The lowest BCUT2D eigenvalue weighted by molar-refractivity contribution is 0.0764. The number of nitrogens with one attached hydrogen (secondary N) is 1. The topological polar surface area (TPSA) is 45.2 Å². The molecular weight excluding hydrogens is 270 g/mol. The number of hydrogen-bond donors (Lipinski definition) is 1. The number of carbonyl (C=O) groups excluding carboxylic acids is 1. The molecule has 1 aromatic heterocycles. The maximum absolute atomic E-state index is 12.6. The molecule has 0 unspecified atom stereocenters. The van der Waals surface area contributed by atoms with Crippen molar-refractivity contribution in [1.29, 1.82) is 0 Å². The minimum atomic E-state index is 0.116. The van der Waals surface area contributed by atoms with Gasteiger partial charge in [0.25, 0.3) is 5.91 Å². The number of aromatic nitrogens is 1. The number of anilines is 1. The summed E-state index contributed by atoms with van der Waals surface area (Å²) in [6.45, 7) is 8.07. The van der Waals surface area contributed by atoms with E-state index in [0.717, 1.165) is 42.3 Å². The molecule has 0 bridgehead atoms. The second kappa shape index (κ2) is 6.04. The highest BCUT2D eigenvalue weighted by atomic mass is 32.2. The van der Waals surface area contributed by atoms with Gasteiger partial charge in [0.1, 0.15) is 5.82 Å². The first-order valence-corrected chi connectivity index (χ1v) is 7.99. The first-order chi connectivity index (χ1) is 9.41. The van der Waals surface area contributed by atoms with Gasteiger partial charge in [0, 0.05) is 41.9 Å². The lowest BCUT2D eigenvalue weighted by Gasteiger charge is -2.23. The van der Waals surface area contributed by atoms with Crippen molar-refractivity contribution >= 4 is 23.5 Å². The largest absolute Gasteiger partial charge is 0.373 e. The Morgan fingerprint density at radius 3 is 2.85 bits per heavy atom. The summed E-state index contributed by atoms with van der Waals surface area (Å²) in [6, 6.07) is 3.70. The molecular formula is C15H23N3OS. The molecule has 1 aromatic rings. The van der Waals surface area contributed by atoms with Crippen molar-refractivity contribution in [3.63, 3.8) is 0 Å². The first-order valence-electron chi connectivity index (χ1n) is 7.01. The van der Waals surface area contributed by atoms with Gasteiger partial charge in [-0.25, -0.2) is 4.98 Å². The Kier molecular flexibility index (Phi) is 4.58. The molecule has 1 N–H and O–H groups in total. The molecule has 1 fully saturated rings. The van der Waals surface area contributed by atoms with Gasteiger partial charge in [-0.3, -0.25) is 4.79 Å². The molecule has 0 spiro atoms. The molecule has 0 saturated carbocycles. The molecule has 5 heteroatoms. The van der Waals surface area contributed by atoms with E-state index in [1.807, 2.05) is 42.8 Å². The van der Waals surface area contributed by atoms with Crippen LogP contribution >= 0.6 is 11.8 Å². The number of thioether (sulfide) groups is 1. The monoisotopic (exact) mass is 293 g/mol. The Balaban J connectivity index is 2.16. The van der Waals surface area contributed by atoms with Crippen LogP contribution in [0.25, 0.3) is 0 Å². The molecule has 1 saturated heterocycles. The van der Waals surface area contributed by atoms with Crippen molar-refractivity contribution in [3.8, 4) is 0 Å². The maximum atomic E-state index is 12.6. The summed E-state index contributed by atoms with van der Waals surface area (Å²) in [4.78, 5) is 18.9. The van der Waals surface area contributed by atoms with Crippen LogP contribution < -0.4 is 5.32 Å². The summed E-state index contributed by atoms with van der Waals surface area (Å²) in [5.74, 6) is 1.87. The molecule has 110 valence electrons. The van der Waals surface area contributed by atoms with Crippen molar-refractivity contribution in [2.75, 3.05) is 31.2 Å². The highest BCUT2D eigenvalue weighted by molar-refractivity contribution is 8.00. The van der Waals surface area contributed by atoms with E-state index in [-0.39, 0.29) is 10.7 Å². The van der Waals surface area contributed by atoms with Crippen LogP contribution in [0.4, 0.5) is 5.82 Å². The molecule has 0 radical (unpaired) electrons. The molecule has 0 aromatic carbocycles. The number of nitrogens with zero attached hydrogens (tertiary/aromatic N) is 2. The average Bonchev–Trinajstić information content (AvgIpc) is 2.58. The van der Waals surface area contributed by atoms with E-state index in [1.54, 1.807) is 0 Å². The van der Waals surface area contributed by atoms with Crippen LogP contribution in [0.3, 0.4) is 0 Å². The van der Waals surface area contributed by atoms with Crippen LogP contribution in [0.2, 0.25) is 0 Å². The summed E-state index contributed by atoms with van der Waals surface area (Å²) < 4.78 is 0.263. The highest BCUT2D eigenvalue weighted by Crippen LogP contribution is 2.31. The molecule has 4 nitrogen and oxygen atoms in total. The highest BCUT2D eigenvalue weighted by Gasteiger charge is 2.26. The smallest absolute Gasteiger partial charge is 0.254 e. The first kappa shape index (κ1) is 15.2. The van der Waals surface area contributed by atoms with Crippen LogP contribution in [-0.4, -0.2) is 46.4 Å². The molecule has 0 aliphatic carbocycles. The summed E-state index contributed by atoms with van der Waals surface area (Å²) in [6.07, 6.45) is 1.03. The predicted molar refractivity (Wildman–Crippen MR) is 85.6 cm³/mol. The second-order valence-electron chi connectivity index (χ2n) is 5.78. The van der Waals surface area contributed by atoms with Gasteiger partial charge in [-0.15, -0.1) is 0 Å². The minimum Gasteiger partial charge on any atom is -0.373 e. The fourth-order valence-electron chi connectivity index (χ4n) is 2.33. The van der Waals surface area contributed by atoms with E-state index in [1.165, 1.54) is 0 Å².